The third-order valence-electron chi connectivity index (χ3n) is 5.93. The molecule has 0 spiro atoms. The lowest BCUT2D eigenvalue weighted by Gasteiger charge is -2.38. The Labute approximate surface area is 189 Å². The average Bonchev–Trinajstić information content (AvgIpc) is 2.75. The van der Waals surface area contributed by atoms with Crippen LogP contribution in [0.3, 0.4) is 0 Å². The maximum Gasteiger partial charge on any atom is 0.243 e. The van der Waals surface area contributed by atoms with Crippen molar-refractivity contribution in [3.05, 3.63) is 64.7 Å². The fourth-order valence-corrected chi connectivity index (χ4v) is 5.52. The van der Waals surface area contributed by atoms with Crippen LogP contribution in [0.15, 0.2) is 48.5 Å². The zero-order valence-corrected chi connectivity index (χ0v) is 19.7. The Morgan fingerprint density at radius 3 is 2.45 bits per heavy atom. The Morgan fingerprint density at radius 2 is 1.84 bits per heavy atom. The van der Waals surface area contributed by atoms with E-state index in [9.17, 15) is 13.2 Å². The lowest BCUT2D eigenvalue weighted by atomic mass is 9.74. The minimum Gasteiger partial charge on any atom is -0.381 e. The van der Waals surface area contributed by atoms with E-state index in [1.54, 1.807) is 32.0 Å². The second kappa shape index (κ2) is 9.59. The molecule has 0 unspecified atom stereocenters. The summed E-state index contributed by atoms with van der Waals surface area (Å²) in [6.07, 6.45) is 2.67. The summed E-state index contributed by atoms with van der Waals surface area (Å²) < 4.78 is 31.9. The summed E-state index contributed by atoms with van der Waals surface area (Å²) in [5.74, 6) is -0.355. The van der Waals surface area contributed by atoms with E-state index in [-0.39, 0.29) is 11.3 Å². The van der Waals surface area contributed by atoms with E-state index in [0.717, 1.165) is 34.5 Å². The molecular weight excluding hydrogens is 436 g/mol. The Kier molecular flexibility index (Phi) is 7.29. The molecule has 1 aliphatic heterocycles. The lowest BCUT2D eigenvalue weighted by Crippen LogP contribution is -2.52. The molecule has 1 atom stereocenters. The number of sulfonamides is 1. The fourth-order valence-electron chi connectivity index (χ4n) is 4.13. The van der Waals surface area contributed by atoms with E-state index in [1.807, 2.05) is 18.2 Å². The van der Waals surface area contributed by atoms with Crippen LogP contribution in [-0.2, 0) is 25.0 Å². The summed E-state index contributed by atoms with van der Waals surface area (Å²) in [6.45, 7) is 5.04. The molecule has 8 heteroatoms. The number of ether oxygens (including phenoxy) is 1. The zero-order chi connectivity index (χ0) is 22.6. The van der Waals surface area contributed by atoms with Crippen molar-refractivity contribution < 1.29 is 17.9 Å². The number of amides is 1. The van der Waals surface area contributed by atoms with E-state index >= 15 is 0 Å². The molecule has 0 bridgehead atoms. The van der Waals surface area contributed by atoms with Crippen molar-refractivity contribution in [3.8, 4) is 0 Å². The van der Waals surface area contributed by atoms with Gasteiger partial charge in [-0.3, -0.25) is 9.10 Å². The summed E-state index contributed by atoms with van der Waals surface area (Å²) in [6, 6.07) is 14.2. The second-order valence-corrected chi connectivity index (χ2v) is 10.4. The number of nitrogens with one attached hydrogen (secondary N) is 1. The van der Waals surface area contributed by atoms with Gasteiger partial charge in [0.05, 0.1) is 11.9 Å². The lowest BCUT2D eigenvalue weighted by molar-refractivity contribution is -0.122. The van der Waals surface area contributed by atoms with Gasteiger partial charge >= 0.3 is 0 Å². The standard InChI is InChI=1S/C23H29ClN2O4S/c1-17-9-10-20(24)15-21(17)26(31(3,28)29)18(2)22(27)25-16-23(11-13-30-14-12-23)19-7-5-4-6-8-19/h4-10,15,18H,11-14,16H2,1-3H3,(H,25,27)/t18-/m0/s1. The molecule has 1 amide bonds. The highest BCUT2D eigenvalue weighted by Crippen LogP contribution is 2.34. The van der Waals surface area contributed by atoms with Crippen molar-refractivity contribution in [2.24, 2.45) is 0 Å². The van der Waals surface area contributed by atoms with Crippen LogP contribution in [0.1, 0.15) is 30.9 Å². The first-order valence-corrected chi connectivity index (χ1v) is 12.5. The van der Waals surface area contributed by atoms with Crippen molar-refractivity contribution in [2.45, 2.75) is 38.1 Å². The van der Waals surface area contributed by atoms with Crippen LogP contribution in [0.2, 0.25) is 5.02 Å². The van der Waals surface area contributed by atoms with Gasteiger partial charge in [0.2, 0.25) is 15.9 Å². The van der Waals surface area contributed by atoms with Crippen LogP contribution >= 0.6 is 11.6 Å². The SMILES string of the molecule is Cc1ccc(Cl)cc1N([C@@H](C)C(=O)NCC1(c2ccccc2)CCOCC1)S(C)(=O)=O. The average molecular weight is 465 g/mol. The van der Waals surface area contributed by atoms with Crippen molar-refractivity contribution in [1.29, 1.82) is 0 Å². The van der Waals surface area contributed by atoms with Gasteiger partial charge in [-0.05, 0) is 49.9 Å². The number of carbonyl (C=O) groups excluding carboxylic acids is 1. The molecule has 1 N–H and O–H groups in total. The molecule has 1 saturated heterocycles. The van der Waals surface area contributed by atoms with Gasteiger partial charge in [-0.2, -0.15) is 0 Å². The highest BCUT2D eigenvalue weighted by Gasteiger charge is 2.36. The molecule has 6 nitrogen and oxygen atoms in total. The molecule has 3 rings (SSSR count). The van der Waals surface area contributed by atoms with E-state index in [2.05, 4.69) is 17.4 Å². The van der Waals surface area contributed by atoms with Crippen LogP contribution in [-0.4, -0.2) is 46.4 Å². The molecule has 2 aromatic rings. The highest BCUT2D eigenvalue weighted by atomic mass is 35.5. The number of hydrogen-bond donors (Lipinski definition) is 1. The summed E-state index contributed by atoms with van der Waals surface area (Å²) >= 11 is 6.11. The predicted molar refractivity (Wildman–Crippen MR) is 124 cm³/mol. The van der Waals surface area contributed by atoms with E-state index < -0.39 is 16.1 Å². The fraction of sp³-hybridized carbons (Fsp3) is 0.435. The molecule has 0 saturated carbocycles. The highest BCUT2D eigenvalue weighted by molar-refractivity contribution is 7.92. The Morgan fingerprint density at radius 1 is 1.19 bits per heavy atom. The van der Waals surface area contributed by atoms with E-state index in [4.69, 9.17) is 16.3 Å². The molecule has 1 fully saturated rings. The maximum atomic E-state index is 13.1. The van der Waals surface area contributed by atoms with Crippen LogP contribution in [0.5, 0.6) is 0 Å². The van der Waals surface area contributed by atoms with Crippen LogP contribution in [0, 0.1) is 6.92 Å². The van der Waals surface area contributed by atoms with Crippen molar-refractivity contribution >= 4 is 33.2 Å². The van der Waals surface area contributed by atoms with Gasteiger partial charge in [-0.15, -0.1) is 0 Å². The third kappa shape index (κ3) is 5.40. The Balaban J connectivity index is 1.84. The second-order valence-electron chi connectivity index (χ2n) is 8.14. The van der Waals surface area contributed by atoms with Gasteiger partial charge in [0.15, 0.2) is 0 Å². The monoisotopic (exact) mass is 464 g/mol. The van der Waals surface area contributed by atoms with Crippen LogP contribution in [0.4, 0.5) is 5.69 Å². The number of carbonyl (C=O) groups is 1. The maximum absolute atomic E-state index is 13.1. The van der Waals surface area contributed by atoms with Crippen LogP contribution in [0.25, 0.3) is 0 Å². The number of rotatable bonds is 7. The first kappa shape index (κ1) is 23.6. The van der Waals surface area contributed by atoms with Gasteiger partial charge in [0.25, 0.3) is 0 Å². The Bertz CT molecular complexity index is 1020. The van der Waals surface area contributed by atoms with Gasteiger partial charge < -0.3 is 10.1 Å². The molecule has 2 aromatic carbocycles. The number of nitrogens with zero attached hydrogens (tertiary/aromatic N) is 1. The number of halogens is 1. The number of hydrogen-bond acceptors (Lipinski definition) is 4. The number of aryl methyl sites for hydroxylation is 1. The third-order valence-corrected chi connectivity index (χ3v) is 7.40. The largest absolute Gasteiger partial charge is 0.381 e. The smallest absolute Gasteiger partial charge is 0.243 e. The molecule has 0 radical (unpaired) electrons. The minimum absolute atomic E-state index is 0.239. The molecule has 1 aliphatic rings. The van der Waals surface area contributed by atoms with Crippen molar-refractivity contribution in [3.63, 3.8) is 0 Å². The van der Waals surface area contributed by atoms with Gasteiger partial charge in [-0.1, -0.05) is 48.0 Å². The van der Waals surface area contributed by atoms with E-state index in [1.165, 1.54) is 0 Å². The molecule has 168 valence electrons. The van der Waals surface area contributed by atoms with Crippen molar-refractivity contribution in [1.82, 2.24) is 5.32 Å². The predicted octanol–water partition coefficient (Wildman–Crippen LogP) is 3.67. The normalized spacial score (nSPS) is 17.0. The molecule has 31 heavy (non-hydrogen) atoms. The Hall–Kier alpha value is -2.09. The molecule has 1 heterocycles. The molecular formula is C23H29ClN2O4S. The van der Waals surface area contributed by atoms with Gasteiger partial charge in [0, 0.05) is 30.2 Å². The quantitative estimate of drug-likeness (QED) is 0.678. The number of benzene rings is 2. The topological polar surface area (TPSA) is 75.7 Å². The number of anilines is 1. The first-order valence-electron chi connectivity index (χ1n) is 10.3. The summed E-state index contributed by atoms with van der Waals surface area (Å²) in [7, 11) is -3.72. The summed E-state index contributed by atoms with van der Waals surface area (Å²) in [5, 5.41) is 3.42. The minimum atomic E-state index is -3.72. The van der Waals surface area contributed by atoms with Gasteiger partial charge in [-0.25, -0.2) is 8.42 Å². The zero-order valence-electron chi connectivity index (χ0n) is 18.1. The van der Waals surface area contributed by atoms with Crippen molar-refractivity contribution in [2.75, 3.05) is 30.3 Å². The molecule has 0 aromatic heterocycles. The summed E-state index contributed by atoms with van der Waals surface area (Å²) in [5.41, 5.74) is 2.04. The molecule has 0 aliphatic carbocycles. The van der Waals surface area contributed by atoms with E-state index in [0.29, 0.717) is 30.5 Å². The van der Waals surface area contributed by atoms with Crippen LogP contribution < -0.4 is 9.62 Å². The first-order chi connectivity index (χ1) is 14.6. The summed E-state index contributed by atoms with van der Waals surface area (Å²) in [4.78, 5) is 13.1. The van der Waals surface area contributed by atoms with Gasteiger partial charge in [0.1, 0.15) is 6.04 Å².